The summed E-state index contributed by atoms with van der Waals surface area (Å²) in [5.41, 5.74) is 4.16. The Balaban J connectivity index is 1.34. The zero-order valence-electron chi connectivity index (χ0n) is 19.5. The van der Waals surface area contributed by atoms with E-state index in [0.717, 1.165) is 21.7 Å². The van der Waals surface area contributed by atoms with Gasteiger partial charge in [-0.3, -0.25) is 14.4 Å². The van der Waals surface area contributed by atoms with E-state index in [1.165, 1.54) is 4.90 Å². The molecule has 3 heterocycles. The van der Waals surface area contributed by atoms with Crippen LogP contribution in [0, 0.1) is 12.3 Å². The van der Waals surface area contributed by atoms with Crippen LogP contribution in [0.2, 0.25) is 0 Å². The minimum Gasteiger partial charge on any atom is -0.391 e. The Labute approximate surface area is 202 Å². The fourth-order valence-electron chi connectivity index (χ4n) is 4.19. The number of benzene rings is 1. The number of amides is 3. The third kappa shape index (κ3) is 4.98. The fraction of sp³-hybridized carbons (Fsp3) is 0.500. The van der Waals surface area contributed by atoms with Gasteiger partial charge < -0.3 is 25.4 Å². The number of likely N-dealkylation sites (tertiary alicyclic amines) is 1. The van der Waals surface area contributed by atoms with Crippen molar-refractivity contribution in [2.45, 2.75) is 51.9 Å². The standard InChI is InChI=1S/C24H30N4O5S/c1-14-20(34-13-26-14)17-6-4-16(5-7-17)9-25-21(30)19-8-18(29)10-28(19)22(31)15(2)27-23(32)24(3)11-33-12-24/h4-7,13,15,18-19,29H,8-12H2,1-3H3,(H,25,30)(H,27,32)/t15?,18-,19+/m1/s1. The predicted molar refractivity (Wildman–Crippen MR) is 127 cm³/mol. The van der Waals surface area contributed by atoms with Crippen LogP contribution in [0.1, 0.15) is 31.5 Å². The molecule has 1 aromatic heterocycles. The molecular weight excluding hydrogens is 456 g/mol. The lowest BCUT2D eigenvalue weighted by Crippen LogP contribution is -2.58. The Morgan fingerprint density at radius 1 is 1.29 bits per heavy atom. The molecule has 0 radical (unpaired) electrons. The molecule has 0 aliphatic carbocycles. The number of carbonyl (C=O) groups excluding carboxylic acids is 3. The van der Waals surface area contributed by atoms with Crippen LogP contribution in [0.5, 0.6) is 0 Å². The molecule has 182 valence electrons. The van der Waals surface area contributed by atoms with Crippen molar-refractivity contribution in [3.8, 4) is 10.4 Å². The van der Waals surface area contributed by atoms with E-state index < -0.39 is 29.5 Å². The molecule has 3 atom stereocenters. The maximum absolute atomic E-state index is 13.0. The molecule has 34 heavy (non-hydrogen) atoms. The quantitative estimate of drug-likeness (QED) is 0.542. The monoisotopic (exact) mass is 486 g/mol. The van der Waals surface area contributed by atoms with Gasteiger partial charge in [-0.25, -0.2) is 4.98 Å². The molecule has 1 unspecified atom stereocenters. The maximum Gasteiger partial charge on any atom is 0.245 e. The zero-order chi connectivity index (χ0) is 24.5. The number of carbonyl (C=O) groups is 3. The molecule has 3 amide bonds. The molecule has 2 saturated heterocycles. The number of nitrogens with zero attached hydrogens (tertiary/aromatic N) is 2. The average Bonchev–Trinajstić information content (AvgIpc) is 3.40. The van der Waals surface area contributed by atoms with Gasteiger partial charge in [-0.2, -0.15) is 0 Å². The lowest BCUT2D eigenvalue weighted by atomic mass is 9.87. The van der Waals surface area contributed by atoms with Crippen LogP contribution in [-0.4, -0.2) is 70.7 Å². The van der Waals surface area contributed by atoms with Crippen LogP contribution < -0.4 is 10.6 Å². The summed E-state index contributed by atoms with van der Waals surface area (Å²) in [5.74, 6) is -0.972. The topological polar surface area (TPSA) is 121 Å². The largest absolute Gasteiger partial charge is 0.391 e. The number of thiazole rings is 1. The Hall–Kier alpha value is -2.82. The lowest BCUT2D eigenvalue weighted by molar-refractivity contribution is -0.160. The molecule has 2 fully saturated rings. The summed E-state index contributed by atoms with van der Waals surface area (Å²) in [4.78, 5) is 45.1. The zero-order valence-corrected chi connectivity index (χ0v) is 20.4. The summed E-state index contributed by atoms with van der Waals surface area (Å²) >= 11 is 1.58. The Morgan fingerprint density at radius 3 is 2.59 bits per heavy atom. The molecule has 0 spiro atoms. The van der Waals surface area contributed by atoms with Crippen molar-refractivity contribution in [2.24, 2.45) is 5.41 Å². The number of ether oxygens (including phenoxy) is 1. The third-order valence-electron chi connectivity index (χ3n) is 6.40. The summed E-state index contributed by atoms with van der Waals surface area (Å²) in [7, 11) is 0. The molecule has 2 aromatic rings. The minimum absolute atomic E-state index is 0.0560. The number of aromatic nitrogens is 1. The van der Waals surface area contributed by atoms with Gasteiger partial charge in [-0.1, -0.05) is 24.3 Å². The number of rotatable bonds is 7. The number of aliphatic hydroxyl groups excluding tert-OH is 1. The van der Waals surface area contributed by atoms with Crippen LogP contribution >= 0.6 is 11.3 Å². The summed E-state index contributed by atoms with van der Waals surface area (Å²) in [6.07, 6.45) is -0.630. The van der Waals surface area contributed by atoms with E-state index in [0.29, 0.717) is 19.8 Å². The summed E-state index contributed by atoms with van der Waals surface area (Å²) in [5, 5.41) is 15.8. The van der Waals surface area contributed by atoms with E-state index in [9.17, 15) is 19.5 Å². The van der Waals surface area contributed by atoms with Crippen LogP contribution in [-0.2, 0) is 25.7 Å². The van der Waals surface area contributed by atoms with Crippen molar-refractivity contribution in [1.29, 1.82) is 0 Å². The van der Waals surface area contributed by atoms with E-state index in [2.05, 4.69) is 15.6 Å². The first kappa shape index (κ1) is 24.3. The molecule has 2 aliphatic rings. The van der Waals surface area contributed by atoms with Gasteiger partial charge >= 0.3 is 0 Å². The van der Waals surface area contributed by atoms with Crippen LogP contribution in [0.4, 0.5) is 0 Å². The number of nitrogens with one attached hydrogen (secondary N) is 2. The minimum atomic E-state index is -0.812. The van der Waals surface area contributed by atoms with Crippen LogP contribution in [0.25, 0.3) is 10.4 Å². The lowest BCUT2D eigenvalue weighted by Gasteiger charge is -2.37. The number of hydrogen-bond acceptors (Lipinski definition) is 7. The van der Waals surface area contributed by atoms with Crippen LogP contribution in [0.3, 0.4) is 0 Å². The molecule has 3 N–H and O–H groups in total. The van der Waals surface area contributed by atoms with Gasteiger partial charge in [0, 0.05) is 19.5 Å². The summed E-state index contributed by atoms with van der Waals surface area (Å²) < 4.78 is 5.11. The SMILES string of the molecule is Cc1ncsc1-c1ccc(CNC(=O)[C@@H]2C[C@@H](O)CN2C(=O)C(C)NC(=O)C2(C)COC2)cc1. The molecule has 10 heteroatoms. The first-order chi connectivity index (χ1) is 16.2. The number of β-amino-alcohol motifs (C(OH)–C–C–N with tert-alkyl or cyclic N) is 1. The van der Waals surface area contributed by atoms with Gasteiger partial charge in [0.1, 0.15) is 12.1 Å². The number of hydrogen-bond donors (Lipinski definition) is 3. The highest BCUT2D eigenvalue weighted by Crippen LogP contribution is 2.28. The van der Waals surface area contributed by atoms with Crippen molar-refractivity contribution in [3.05, 3.63) is 41.0 Å². The van der Waals surface area contributed by atoms with Gasteiger partial charge in [0.05, 0.1) is 40.8 Å². The molecule has 9 nitrogen and oxygen atoms in total. The second-order valence-electron chi connectivity index (χ2n) is 9.33. The van der Waals surface area contributed by atoms with Crippen molar-refractivity contribution in [3.63, 3.8) is 0 Å². The van der Waals surface area contributed by atoms with Gasteiger partial charge in [0.25, 0.3) is 0 Å². The van der Waals surface area contributed by atoms with E-state index in [-0.39, 0.29) is 24.8 Å². The maximum atomic E-state index is 13.0. The van der Waals surface area contributed by atoms with Crippen molar-refractivity contribution in [1.82, 2.24) is 20.5 Å². The second-order valence-corrected chi connectivity index (χ2v) is 10.2. The molecule has 0 bridgehead atoms. The number of aliphatic hydroxyl groups is 1. The van der Waals surface area contributed by atoms with Crippen molar-refractivity contribution in [2.75, 3.05) is 19.8 Å². The highest BCUT2D eigenvalue weighted by Gasteiger charge is 2.44. The van der Waals surface area contributed by atoms with Gasteiger partial charge in [0.2, 0.25) is 17.7 Å². The average molecular weight is 487 g/mol. The molecular formula is C24H30N4O5S. The van der Waals surface area contributed by atoms with Crippen molar-refractivity contribution < 1.29 is 24.2 Å². The predicted octanol–water partition coefficient (Wildman–Crippen LogP) is 1.24. The first-order valence-electron chi connectivity index (χ1n) is 11.3. The Bertz CT molecular complexity index is 1070. The van der Waals surface area contributed by atoms with E-state index in [1.54, 1.807) is 25.2 Å². The van der Waals surface area contributed by atoms with E-state index in [1.807, 2.05) is 36.7 Å². The van der Waals surface area contributed by atoms with Crippen molar-refractivity contribution >= 4 is 29.1 Å². The van der Waals surface area contributed by atoms with E-state index in [4.69, 9.17) is 4.74 Å². The van der Waals surface area contributed by atoms with E-state index >= 15 is 0 Å². The van der Waals surface area contributed by atoms with Gasteiger partial charge in [-0.05, 0) is 31.9 Å². The van der Waals surface area contributed by atoms with Gasteiger partial charge in [0.15, 0.2) is 0 Å². The Morgan fingerprint density at radius 2 is 2.00 bits per heavy atom. The highest BCUT2D eigenvalue weighted by molar-refractivity contribution is 7.13. The Kier molecular flexibility index (Phi) is 7.01. The molecule has 2 aliphatic heterocycles. The highest BCUT2D eigenvalue weighted by atomic mass is 32.1. The van der Waals surface area contributed by atoms with Gasteiger partial charge in [-0.15, -0.1) is 11.3 Å². The summed E-state index contributed by atoms with van der Waals surface area (Å²) in [6, 6.07) is 6.29. The second kappa shape index (κ2) is 9.81. The smallest absolute Gasteiger partial charge is 0.245 e. The van der Waals surface area contributed by atoms with Crippen LogP contribution in [0.15, 0.2) is 29.8 Å². The fourth-order valence-corrected chi connectivity index (χ4v) is 5.00. The third-order valence-corrected chi connectivity index (χ3v) is 7.38. The first-order valence-corrected chi connectivity index (χ1v) is 12.2. The normalized spacial score (nSPS) is 22.1. The number of aryl methyl sites for hydroxylation is 1. The molecule has 1 aromatic carbocycles. The molecule has 0 saturated carbocycles. The molecule has 4 rings (SSSR count). The summed E-state index contributed by atoms with van der Waals surface area (Å²) in [6.45, 7) is 6.34.